The van der Waals surface area contributed by atoms with E-state index in [1.54, 1.807) is 7.11 Å². The molecule has 1 saturated carbocycles. The van der Waals surface area contributed by atoms with Gasteiger partial charge in [-0.3, -0.25) is 0 Å². The van der Waals surface area contributed by atoms with Crippen LogP contribution >= 0.6 is 0 Å². The van der Waals surface area contributed by atoms with Crippen LogP contribution in [-0.2, 0) is 0 Å². The second-order valence-electron chi connectivity index (χ2n) is 6.66. The number of hydrogen-bond acceptors (Lipinski definition) is 2. The predicted octanol–water partition coefficient (Wildman–Crippen LogP) is 4.70. The monoisotopic (exact) mass is 275 g/mol. The molecule has 1 aliphatic rings. The first kappa shape index (κ1) is 15.4. The zero-order valence-corrected chi connectivity index (χ0v) is 13.4. The molecule has 112 valence electrons. The van der Waals surface area contributed by atoms with Crippen molar-refractivity contribution in [3.8, 4) is 5.75 Å². The molecule has 0 heterocycles. The lowest BCUT2D eigenvalue weighted by Crippen LogP contribution is -2.45. The van der Waals surface area contributed by atoms with Crippen molar-refractivity contribution in [2.24, 2.45) is 5.41 Å². The Morgan fingerprint density at radius 1 is 1.30 bits per heavy atom. The quantitative estimate of drug-likeness (QED) is 0.840. The van der Waals surface area contributed by atoms with Crippen LogP contribution in [0.5, 0.6) is 5.75 Å². The Kier molecular flexibility index (Phi) is 5.09. The van der Waals surface area contributed by atoms with E-state index in [9.17, 15) is 0 Å². The number of benzene rings is 1. The molecule has 2 nitrogen and oxygen atoms in total. The summed E-state index contributed by atoms with van der Waals surface area (Å²) in [5, 5.41) is 3.91. The molecule has 2 heteroatoms. The third-order valence-corrected chi connectivity index (χ3v) is 4.83. The van der Waals surface area contributed by atoms with Gasteiger partial charge in [-0.2, -0.15) is 0 Å². The van der Waals surface area contributed by atoms with E-state index >= 15 is 0 Å². The summed E-state index contributed by atoms with van der Waals surface area (Å²) in [7, 11) is 1.76. The average Bonchev–Trinajstić information content (AvgIpc) is 2.46. The van der Waals surface area contributed by atoms with Crippen LogP contribution in [0.2, 0.25) is 0 Å². The van der Waals surface area contributed by atoms with E-state index in [-0.39, 0.29) is 0 Å². The minimum Gasteiger partial charge on any atom is -0.496 e. The first-order chi connectivity index (χ1) is 9.58. The Bertz CT molecular complexity index is 427. The summed E-state index contributed by atoms with van der Waals surface area (Å²) in [5.41, 5.74) is 1.69. The Hall–Kier alpha value is -1.02. The topological polar surface area (TPSA) is 21.3 Å². The van der Waals surface area contributed by atoms with Crippen LogP contribution < -0.4 is 10.1 Å². The minimum absolute atomic E-state index is 0.383. The summed E-state index contributed by atoms with van der Waals surface area (Å²) in [6.45, 7) is 7.05. The van der Waals surface area contributed by atoms with Gasteiger partial charge in [0, 0.05) is 17.6 Å². The fourth-order valence-corrected chi connectivity index (χ4v) is 3.43. The van der Waals surface area contributed by atoms with Crippen molar-refractivity contribution in [3.63, 3.8) is 0 Å². The van der Waals surface area contributed by atoms with E-state index in [2.05, 4.69) is 44.3 Å². The van der Waals surface area contributed by atoms with Crippen molar-refractivity contribution in [2.45, 2.75) is 65.0 Å². The second kappa shape index (κ2) is 6.62. The van der Waals surface area contributed by atoms with E-state index < -0.39 is 0 Å². The van der Waals surface area contributed by atoms with Gasteiger partial charge in [-0.1, -0.05) is 51.8 Å². The van der Waals surface area contributed by atoms with Crippen molar-refractivity contribution in [1.82, 2.24) is 5.32 Å². The normalized spacial score (nSPS) is 23.3. The van der Waals surface area contributed by atoms with E-state index in [4.69, 9.17) is 4.74 Å². The molecule has 0 saturated heterocycles. The highest BCUT2D eigenvalue weighted by Crippen LogP contribution is 2.38. The number of nitrogens with one attached hydrogen (secondary N) is 1. The minimum atomic E-state index is 0.383. The fourth-order valence-electron chi connectivity index (χ4n) is 3.43. The first-order valence-electron chi connectivity index (χ1n) is 7.97. The third kappa shape index (κ3) is 3.35. The maximum absolute atomic E-state index is 5.53. The van der Waals surface area contributed by atoms with Crippen LogP contribution in [0.4, 0.5) is 0 Å². The summed E-state index contributed by atoms with van der Waals surface area (Å²) in [6, 6.07) is 9.38. The molecule has 0 aromatic heterocycles. The Morgan fingerprint density at radius 2 is 2.05 bits per heavy atom. The maximum atomic E-state index is 5.53. The largest absolute Gasteiger partial charge is 0.496 e. The van der Waals surface area contributed by atoms with Crippen molar-refractivity contribution in [3.05, 3.63) is 29.8 Å². The van der Waals surface area contributed by atoms with E-state index in [1.165, 1.54) is 31.2 Å². The number of para-hydroxylation sites is 1. The zero-order valence-electron chi connectivity index (χ0n) is 13.4. The summed E-state index contributed by atoms with van der Waals surface area (Å²) in [5.74, 6) is 1.00. The maximum Gasteiger partial charge on any atom is 0.123 e. The molecule has 0 bridgehead atoms. The number of methoxy groups -OCH3 is 1. The molecule has 2 unspecified atom stereocenters. The van der Waals surface area contributed by atoms with Gasteiger partial charge >= 0.3 is 0 Å². The standard InChI is InChI=1S/C18H29NO/c1-5-15(14-10-6-7-11-16(14)20-4)19-17-12-8-9-13-18(17,2)3/h6-7,10-11,15,17,19H,5,8-9,12-13H2,1-4H3. The SMILES string of the molecule is CCC(NC1CCCCC1(C)C)c1ccccc1OC. The Balaban J connectivity index is 2.16. The van der Waals surface area contributed by atoms with E-state index in [0.717, 1.165) is 12.2 Å². The summed E-state index contributed by atoms with van der Waals surface area (Å²) in [4.78, 5) is 0. The van der Waals surface area contributed by atoms with Gasteiger partial charge in [0.05, 0.1) is 7.11 Å². The molecule has 1 fully saturated rings. The molecule has 0 amide bonds. The Labute approximate surface area is 123 Å². The molecule has 0 spiro atoms. The van der Waals surface area contributed by atoms with Crippen molar-refractivity contribution >= 4 is 0 Å². The molecule has 20 heavy (non-hydrogen) atoms. The van der Waals surface area contributed by atoms with Gasteiger partial charge in [-0.25, -0.2) is 0 Å². The van der Waals surface area contributed by atoms with Gasteiger partial charge in [-0.15, -0.1) is 0 Å². The van der Waals surface area contributed by atoms with Crippen LogP contribution in [0.3, 0.4) is 0 Å². The molecule has 2 atom stereocenters. The average molecular weight is 275 g/mol. The van der Waals surface area contributed by atoms with Gasteiger partial charge < -0.3 is 10.1 Å². The molecule has 1 aromatic carbocycles. The van der Waals surface area contributed by atoms with Crippen LogP contribution in [0, 0.1) is 5.41 Å². The highest BCUT2D eigenvalue weighted by molar-refractivity contribution is 5.36. The second-order valence-corrected chi connectivity index (χ2v) is 6.66. The van der Waals surface area contributed by atoms with Gasteiger partial charge in [-0.05, 0) is 30.7 Å². The van der Waals surface area contributed by atoms with Crippen LogP contribution in [0.1, 0.15) is 64.5 Å². The highest BCUT2D eigenvalue weighted by atomic mass is 16.5. The summed E-state index contributed by atoms with van der Waals surface area (Å²) < 4.78 is 5.53. The number of hydrogen-bond donors (Lipinski definition) is 1. The van der Waals surface area contributed by atoms with Crippen molar-refractivity contribution < 1.29 is 4.74 Å². The van der Waals surface area contributed by atoms with Gasteiger partial charge in [0.15, 0.2) is 0 Å². The van der Waals surface area contributed by atoms with E-state index in [0.29, 0.717) is 17.5 Å². The summed E-state index contributed by atoms with van der Waals surface area (Å²) in [6.07, 6.45) is 6.43. The van der Waals surface area contributed by atoms with E-state index in [1.807, 2.05) is 6.07 Å². The van der Waals surface area contributed by atoms with Crippen molar-refractivity contribution in [2.75, 3.05) is 7.11 Å². The smallest absolute Gasteiger partial charge is 0.123 e. The predicted molar refractivity (Wildman–Crippen MR) is 85.2 cm³/mol. The summed E-state index contributed by atoms with van der Waals surface area (Å²) >= 11 is 0. The molecule has 1 aliphatic carbocycles. The lowest BCUT2D eigenvalue weighted by molar-refractivity contribution is 0.153. The molecule has 1 N–H and O–H groups in total. The molecule has 0 aliphatic heterocycles. The van der Waals surface area contributed by atoms with Gasteiger partial charge in [0.25, 0.3) is 0 Å². The number of rotatable bonds is 5. The lowest BCUT2D eigenvalue weighted by Gasteiger charge is -2.41. The Morgan fingerprint density at radius 3 is 2.70 bits per heavy atom. The fraction of sp³-hybridized carbons (Fsp3) is 0.667. The van der Waals surface area contributed by atoms with Gasteiger partial charge in [0.2, 0.25) is 0 Å². The molecule has 0 radical (unpaired) electrons. The first-order valence-corrected chi connectivity index (χ1v) is 7.97. The molecule has 1 aromatic rings. The van der Waals surface area contributed by atoms with Crippen LogP contribution in [-0.4, -0.2) is 13.2 Å². The van der Waals surface area contributed by atoms with Crippen LogP contribution in [0.25, 0.3) is 0 Å². The van der Waals surface area contributed by atoms with Crippen LogP contribution in [0.15, 0.2) is 24.3 Å². The molecular formula is C18H29NO. The third-order valence-electron chi connectivity index (χ3n) is 4.83. The highest BCUT2D eigenvalue weighted by Gasteiger charge is 2.33. The van der Waals surface area contributed by atoms with Crippen molar-refractivity contribution in [1.29, 1.82) is 0 Å². The molecular weight excluding hydrogens is 246 g/mol. The zero-order chi connectivity index (χ0) is 14.6. The van der Waals surface area contributed by atoms with Gasteiger partial charge in [0.1, 0.15) is 5.75 Å². The number of ether oxygens (including phenoxy) is 1. The molecule has 2 rings (SSSR count). The lowest BCUT2D eigenvalue weighted by atomic mass is 9.73.